The van der Waals surface area contributed by atoms with Gasteiger partial charge in [-0.15, -0.1) is 0 Å². The van der Waals surface area contributed by atoms with E-state index >= 15 is 0 Å². The molecule has 1 fully saturated rings. The number of halogens is 4. The highest BCUT2D eigenvalue weighted by Crippen LogP contribution is 2.35. The molecule has 0 radical (unpaired) electrons. The second-order valence-electron chi connectivity index (χ2n) is 7.21. The molecule has 4 rings (SSSR count). The van der Waals surface area contributed by atoms with Crippen molar-refractivity contribution in [3.05, 3.63) is 66.3 Å². The topological polar surface area (TPSA) is 48.8 Å². The van der Waals surface area contributed by atoms with Crippen molar-refractivity contribution in [3.8, 4) is 0 Å². The van der Waals surface area contributed by atoms with E-state index in [4.69, 9.17) is 11.6 Å². The van der Waals surface area contributed by atoms with Gasteiger partial charge in [-0.2, -0.15) is 0 Å². The number of amidine groups is 2. The lowest BCUT2D eigenvalue weighted by Gasteiger charge is -2.17. The van der Waals surface area contributed by atoms with Crippen LogP contribution in [0.1, 0.15) is 28.3 Å². The Morgan fingerprint density at radius 1 is 1.26 bits per heavy atom. The zero-order valence-corrected chi connectivity index (χ0v) is 22.2. The van der Waals surface area contributed by atoms with Crippen LogP contribution in [0.15, 0.2) is 43.2 Å². The SMILES string of the molecule is Cc1cc(Br)c(F)c(CN=C2NC(c3cc(Cl)cc(CNC4=NCCS4)c3Br)CS2)c1. The molecule has 4 nitrogen and oxygen atoms in total. The molecule has 31 heavy (non-hydrogen) atoms. The largest absolute Gasteiger partial charge is 0.361 e. The lowest BCUT2D eigenvalue weighted by atomic mass is 10.0. The molecule has 0 aromatic heterocycles. The van der Waals surface area contributed by atoms with Gasteiger partial charge >= 0.3 is 0 Å². The molecule has 1 atom stereocenters. The molecule has 0 bridgehead atoms. The first kappa shape index (κ1) is 23.4. The lowest BCUT2D eigenvalue weighted by molar-refractivity contribution is 0.603. The predicted molar refractivity (Wildman–Crippen MR) is 139 cm³/mol. The summed E-state index contributed by atoms with van der Waals surface area (Å²) in [5, 5.41) is 9.33. The zero-order valence-electron chi connectivity index (χ0n) is 16.6. The van der Waals surface area contributed by atoms with Gasteiger partial charge in [0.05, 0.1) is 23.6 Å². The number of aliphatic imine (C=N–C) groups is 2. The molecule has 0 saturated carbocycles. The molecule has 10 heteroatoms. The van der Waals surface area contributed by atoms with Crippen molar-refractivity contribution in [1.82, 2.24) is 10.6 Å². The Morgan fingerprint density at radius 3 is 2.87 bits per heavy atom. The highest BCUT2D eigenvalue weighted by atomic mass is 79.9. The highest BCUT2D eigenvalue weighted by molar-refractivity contribution is 9.10. The van der Waals surface area contributed by atoms with Crippen LogP contribution in [-0.2, 0) is 13.1 Å². The van der Waals surface area contributed by atoms with Crippen LogP contribution in [0.5, 0.6) is 0 Å². The molecule has 2 N–H and O–H groups in total. The Balaban J connectivity index is 1.46. The third-order valence-corrected chi connectivity index (χ3v) is 8.57. The van der Waals surface area contributed by atoms with Gasteiger partial charge in [0.1, 0.15) is 5.82 Å². The average molecular weight is 607 g/mol. The van der Waals surface area contributed by atoms with Crippen molar-refractivity contribution in [2.45, 2.75) is 26.1 Å². The van der Waals surface area contributed by atoms with Crippen LogP contribution in [0, 0.1) is 12.7 Å². The summed E-state index contributed by atoms with van der Waals surface area (Å²) in [7, 11) is 0. The van der Waals surface area contributed by atoms with Gasteiger partial charge in [-0.1, -0.05) is 57.1 Å². The molecule has 2 aliphatic heterocycles. The van der Waals surface area contributed by atoms with Gasteiger partial charge in [-0.3, -0.25) is 9.98 Å². The fourth-order valence-electron chi connectivity index (χ4n) is 3.39. The van der Waals surface area contributed by atoms with E-state index in [2.05, 4.69) is 52.5 Å². The molecule has 2 aromatic carbocycles. The number of hydrogen-bond acceptors (Lipinski definition) is 5. The van der Waals surface area contributed by atoms with E-state index in [1.807, 2.05) is 25.1 Å². The minimum absolute atomic E-state index is 0.0721. The molecule has 2 aromatic rings. The summed E-state index contributed by atoms with van der Waals surface area (Å²) in [4.78, 5) is 9.04. The van der Waals surface area contributed by atoms with Crippen LogP contribution in [0.3, 0.4) is 0 Å². The first-order valence-corrected chi connectivity index (χ1v) is 13.6. The zero-order chi connectivity index (χ0) is 22.0. The maximum Gasteiger partial charge on any atom is 0.157 e. The average Bonchev–Trinajstić information content (AvgIpc) is 3.42. The molecule has 164 valence electrons. The molecule has 1 saturated heterocycles. The van der Waals surface area contributed by atoms with Crippen LogP contribution in [0.4, 0.5) is 4.39 Å². The lowest BCUT2D eigenvalue weighted by Crippen LogP contribution is -2.22. The molecule has 2 heterocycles. The number of hydrogen-bond donors (Lipinski definition) is 2. The van der Waals surface area contributed by atoms with E-state index in [9.17, 15) is 4.39 Å². The number of nitrogens with one attached hydrogen (secondary N) is 2. The third kappa shape index (κ3) is 5.79. The molecular weight excluding hydrogens is 587 g/mol. The normalized spacial score (nSPS) is 19.6. The number of aryl methyl sites for hydroxylation is 1. The van der Waals surface area contributed by atoms with Crippen LogP contribution in [0.25, 0.3) is 0 Å². The molecular formula is C21H20Br2ClFN4S2. The maximum absolute atomic E-state index is 14.3. The van der Waals surface area contributed by atoms with Gasteiger partial charge in [0.25, 0.3) is 0 Å². The number of rotatable bonds is 5. The Labute approximate surface area is 211 Å². The Kier molecular flexibility index (Phi) is 7.90. The standard InChI is InChI=1S/C21H20Br2ClFN4S2/c1-11-4-13(19(25)16(22)5-11)9-28-21-29-17(10-31-21)15-7-14(24)6-12(18(15)23)8-27-20-26-2-3-30-20/h4-7,17H,2-3,8-10H2,1H3,(H,26,27)(H,28,29). The van der Waals surface area contributed by atoms with Gasteiger partial charge in [-0.05, 0) is 57.7 Å². The van der Waals surface area contributed by atoms with Crippen molar-refractivity contribution >= 4 is 77.3 Å². The maximum atomic E-state index is 14.3. The van der Waals surface area contributed by atoms with Crippen LogP contribution in [0.2, 0.25) is 5.02 Å². The summed E-state index contributed by atoms with van der Waals surface area (Å²) in [6, 6.07) is 7.63. The van der Waals surface area contributed by atoms with Gasteiger partial charge in [0.2, 0.25) is 0 Å². The van der Waals surface area contributed by atoms with E-state index < -0.39 is 0 Å². The quantitative estimate of drug-likeness (QED) is 0.412. The summed E-state index contributed by atoms with van der Waals surface area (Å²) >= 11 is 16.8. The van der Waals surface area contributed by atoms with Crippen molar-refractivity contribution < 1.29 is 4.39 Å². The van der Waals surface area contributed by atoms with Gasteiger partial charge in [0, 0.05) is 33.1 Å². The first-order chi connectivity index (χ1) is 14.9. The third-order valence-electron chi connectivity index (χ3n) is 4.86. The predicted octanol–water partition coefficient (Wildman–Crippen LogP) is 6.44. The summed E-state index contributed by atoms with van der Waals surface area (Å²) in [6.45, 7) is 3.76. The minimum atomic E-state index is -0.255. The van der Waals surface area contributed by atoms with E-state index in [-0.39, 0.29) is 11.9 Å². The van der Waals surface area contributed by atoms with Crippen molar-refractivity contribution in [3.63, 3.8) is 0 Å². The molecule has 1 unspecified atom stereocenters. The Hall–Kier alpha value is -0.740. The Morgan fingerprint density at radius 2 is 2.10 bits per heavy atom. The van der Waals surface area contributed by atoms with Crippen molar-refractivity contribution in [2.24, 2.45) is 9.98 Å². The smallest absolute Gasteiger partial charge is 0.157 e. The van der Waals surface area contributed by atoms with E-state index in [0.29, 0.717) is 28.1 Å². The van der Waals surface area contributed by atoms with Crippen LogP contribution < -0.4 is 10.6 Å². The number of thioether (sulfide) groups is 2. The summed E-state index contributed by atoms with van der Waals surface area (Å²) in [5.41, 5.74) is 3.75. The number of nitrogens with zero attached hydrogens (tertiary/aromatic N) is 2. The van der Waals surface area contributed by atoms with Crippen molar-refractivity contribution in [1.29, 1.82) is 0 Å². The fraction of sp³-hybridized carbons (Fsp3) is 0.333. The van der Waals surface area contributed by atoms with Crippen LogP contribution >= 0.6 is 67.0 Å². The fourth-order valence-corrected chi connectivity index (χ4v) is 6.60. The van der Waals surface area contributed by atoms with E-state index in [1.54, 1.807) is 29.6 Å². The van der Waals surface area contributed by atoms with E-state index in [0.717, 1.165) is 49.5 Å². The molecule has 0 aliphatic carbocycles. The minimum Gasteiger partial charge on any atom is -0.361 e. The second-order valence-corrected chi connectivity index (χ2v) is 11.4. The highest BCUT2D eigenvalue weighted by Gasteiger charge is 2.25. The van der Waals surface area contributed by atoms with E-state index in [1.165, 1.54) is 0 Å². The van der Waals surface area contributed by atoms with Gasteiger partial charge in [0.15, 0.2) is 10.3 Å². The molecule has 2 aliphatic rings. The Bertz CT molecular complexity index is 1060. The van der Waals surface area contributed by atoms with Crippen LogP contribution in [-0.4, -0.2) is 28.4 Å². The summed E-state index contributed by atoms with van der Waals surface area (Å²) in [5.74, 6) is 1.60. The number of benzene rings is 2. The summed E-state index contributed by atoms with van der Waals surface area (Å²) in [6.07, 6.45) is 0. The summed E-state index contributed by atoms with van der Waals surface area (Å²) < 4.78 is 15.8. The first-order valence-electron chi connectivity index (χ1n) is 9.68. The monoisotopic (exact) mass is 604 g/mol. The molecule has 0 spiro atoms. The second kappa shape index (κ2) is 10.5. The van der Waals surface area contributed by atoms with Crippen molar-refractivity contribution in [2.75, 3.05) is 18.1 Å². The van der Waals surface area contributed by atoms with Gasteiger partial charge in [-0.25, -0.2) is 4.39 Å². The molecule has 0 amide bonds. The van der Waals surface area contributed by atoms with Gasteiger partial charge < -0.3 is 10.6 Å².